The van der Waals surface area contributed by atoms with Gasteiger partial charge in [0.15, 0.2) is 0 Å². The highest BCUT2D eigenvalue weighted by molar-refractivity contribution is 7.89. The SMILES string of the molecule is CCC(C)c1ccc(S(=O)(=O)N2CCN(Cc3ccc(F)cc3)CC2)cc1. The number of hydrogen-bond acceptors (Lipinski definition) is 3. The monoisotopic (exact) mass is 390 g/mol. The highest BCUT2D eigenvalue weighted by Gasteiger charge is 2.28. The zero-order valence-electron chi connectivity index (χ0n) is 15.9. The molecule has 0 N–H and O–H groups in total. The van der Waals surface area contributed by atoms with Crippen molar-refractivity contribution in [2.45, 2.75) is 37.6 Å². The van der Waals surface area contributed by atoms with E-state index in [-0.39, 0.29) is 5.82 Å². The van der Waals surface area contributed by atoms with Gasteiger partial charge in [-0.2, -0.15) is 4.31 Å². The first-order valence-electron chi connectivity index (χ1n) is 9.47. The van der Waals surface area contributed by atoms with Crippen LogP contribution in [0.3, 0.4) is 0 Å². The summed E-state index contributed by atoms with van der Waals surface area (Å²) in [4.78, 5) is 2.56. The summed E-state index contributed by atoms with van der Waals surface area (Å²) < 4.78 is 40.4. The highest BCUT2D eigenvalue weighted by Crippen LogP contribution is 2.23. The topological polar surface area (TPSA) is 40.6 Å². The molecule has 6 heteroatoms. The third-order valence-electron chi connectivity index (χ3n) is 5.35. The predicted molar refractivity (Wildman–Crippen MR) is 106 cm³/mol. The molecule has 2 aromatic rings. The second-order valence-corrected chi connectivity index (χ2v) is 9.12. The van der Waals surface area contributed by atoms with Crippen LogP contribution < -0.4 is 0 Å². The maximum atomic E-state index is 13.0. The molecule has 1 heterocycles. The average molecular weight is 391 g/mol. The Kier molecular flexibility index (Phi) is 6.29. The lowest BCUT2D eigenvalue weighted by Gasteiger charge is -2.34. The van der Waals surface area contributed by atoms with Gasteiger partial charge in [-0.25, -0.2) is 12.8 Å². The molecule has 1 unspecified atom stereocenters. The van der Waals surface area contributed by atoms with Crippen molar-refractivity contribution in [1.82, 2.24) is 9.21 Å². The van der Waals surface area contributed by atoms with Crippen LogP contribution in [0.1, 0.15) is 37.3 Å². The molecule has 1 saturated heterocycles. The van der Waals surface area contributed by atoms with E-state index in [1.54, 1.807) is 28.6 Å². The summed E-state index contributed by atoms with van der Waals surface area (Å²) in [5.74, 6) is 0.186. The van der Waals surface area contributed by atoms with Gasteiger partial charge in [0.25, 0.3) is 0 Å². The first kappa shape index (κ1) is 20.0. The third-order valence-corrected chi connectivity index (χ3v) is 7.26. The van der Waals surface area contributed by atoms with Gasteiger partial charge in [0, 0.05) is 32.7 Å². The molecule has 4 nitrogen and oxygen atoms in total. The number of halogens is 1. The maximum absolute atomic E-state index is 13.0. The van der Waals surface area contributed by atoms with Crippen molar-refractivity contribution in [2.75, 3.05) is 26.2 Å². The predicted octanol–water partition coefficient (Wildman–Crippen LogP) is 3.85. The van der Waals surface area contributed by atoms with E-state index >= 15 is 0 Å². The third kappa shape index (κ3) is 4.75. The molecule has 1 aliphatic rings. The minimum Gasteiger partial charge on any atom is -0.296 e. The molecule has 0 saturated carbocycles. The summed E-state index contributed by atoms with van der Waals surface area (Å²) in [6, 6.07) is 13.8. The molecule has 0 aromatic heterocycles. The number of nitrogens with zero attached hydrogens (tertiary/aromatic N) is 2. The minimum absolute atomic E-state index is 0.242. The highest BCUT2D eigenvalue weighted by atomic mass is 32.2. The van der Waals surface area contributed by atoms with E-state index in [2.05, 4.69) is 18.7 Å². The van der Waals surface area contributed by atoms with Crippen LogP contribution in [-0.4, -0.2) is 43.8 Å². The van der Waals surface area contributed by atoms with Crippen LogP contribution in [0.4, 0.5) is 4.39 Å². The summed E-state index contributed by atoms with van der Waals surface area (Å²) >= 11 is 0. The van der Waals surface area contributed by atoms with Gasteiger partial charge in [0.2, 0.25) is 10.0 Å². The Hall–Kier alpha value is -1.76. The van der Waals surface area contributed by atoms with Gasteiger partial charge in [-0.3, -0.25) is 4.90 Å². The maximum Gasteiger partial charge on any atom is 0.243 e. The Morgan fingerprint density at radius 3 is 2.11 bits per heavy atom. The van der Waals surface area contributed by atoms with Gasteiger partial charge in [-0.15, -0.1) is 0 Å². The Morgan fingerprint density at radius 2 is 1.56 bits per heavy atom. The standard InChI is InChI=1S/C21H27FN2O2S/c1-3-17(2)19-6-10-21(11-7-19)27(25,26)24-14-12-23(13-15-24)16-18-4-8-20(22)9-5-18/h4-11,17H,3,12-16H2,1-2H3. The van der Waals surface area contributed by atoms with E-state index < -0.39 is 10.0 Å². The second kappa shape index (κ2) is 8.50. The number of hydrogen-bond donors (Lipinski definition) is 0. The zero-order valence-corrected chi connectivity index (χ0v) is 16.8. The normalized spacial score (nSPS) is 17.7. The molecule has 1 fully saturated rings. The smallest absolute Gasteiger partial charge is 0.243 e. The molecule has 3 rings (SSSR count). The molecule has 1 aliphatic heterocycles. The zero-order chi connectivity index (χ0) is 19.4. The molecule has 0 aliphatic carbocycles. The van der Waals surface area contributed by atoms with Gasteiger partial charge >= 0.3 is 0 Å². The van der Waals surface area contributed by atoms with Crippen molar-refractivity contribution in [1.29, 1.82) is 0 Å². The molecule has 2 aromatic carbocycles. The molecule has 0 radical (unpaired) electrons. The van der Waals surface area contributed by atoms with E-state index in [0.717, 1.165) is 12.0 Å². The summed E-state index contributed by atoms with van der Waals surface area (Å²) in [5, 5.41) is 0. The Labute approximate surface area is 161 Å². The van der Waals surface area contributed by atoms with Crippen LogP contribution in [0.25, 0.3) is 0 Å². The van der Waals surface area contributed by atoms with Crippen LogP contribution in [0.5, 0.6) is 0 Å². The summed E-state index contributed by atoms with van der Waals surface area (Å²) in [7, 11) is -3.46. The fourth-order valence-electron chi connectivity index (χ4n) is 3.33. The van der Waals surface area contributed by atoms with Gasteiger partial charge in [-0.05, 0) is 47.7 Å². The molecule has 1 atom stereocenters. The first-order chi connectivity index (χ1) is 12.9. The summed E-state index contributed by atoms with van der Waals surface area (Å²) in [6.07, 6.45) is 1.03. The summed E-state index contributed by atoms with van der Waals surface area (Å²) in [5.41, 5.74) is 2.20. The quantitative estimate of drug-likeness (QED) is 0.752. The van der Waals surface area contributed by atoms with E-state index in [1.807, 2.05) is 12.1 Å². The summed E-state index contributed by atoms with van der Waals surface area (Å²) in [6.45, 7) is 7.25. The van der Waals surface area contributed by atoms with Crippen LogP contribution in [-0.2, 0) is 16.6 Å². The van der Waals surface area contributed by atoms with Crippen molar-refractivity contribution >= 4 is 10.0 Å². The largest absolute Gasteiger partial charge is 0.296 e. The van der Waals surface area contributed by atoms with Crippen molar-refractivity contribution in [3.05, 3.63) is 65.5 Å². The van der Waals surface area contributed by atoms with Gasteiger partial charge in [0.1, 0.15) is 5.82 Å². The van der Waals surface area contributed by atoms with E-state index in [0.29, 0.717) is 43.5 Å². The lowest BCUT2D eigenvalue weighted by molar-refractivity contribution is 0.181. The molecular formula is C21H27FN2O2S. The molecule has 0 amide bonds. The number of piperazine rings is 1. The van der Waals surface area contributed by atoms with Gasteiger partial charge in [-0.1, -0.05) is 38.1 Å². The second-order valence-electron chi connectivity index (χ2n) is 7.19. The average Bonchev–Trinajstić information content (AvgIpc) is 2.69. The van der Waals surface area contributed by atoms with Gasteiger partial charge in [0.05, 0.1) is 4.90 Å². The molecular weight excluding hydrogens is 363 g/mol. The Morgan fingerprint density at radius 1 is 0.963 bits per heavy atom. The number of benzene rings is 2. The van der Waals surface area contributed by atoms with Crippen LogP contribution in [0.2, 0.25) is 0 Å². The molecule has 0 spiro atoms. The van der Waals surface area contributed by atoms with Crippen LogP contribution in [0.15, 0.2) is 53.4 Å². The molecule has 27 heavy (non-hydrogen) atoms. The van der Waals surface area contributed by atoms with Crippen molar-refractivity contribution in [2.24, 2.45) is 0 Å². The fraction of sp³-hybridized carbons (Fsp3) is 0.429. The van der Waals surface area contributed by atoms with E-state index in [9.17, 15) is 12.8 Å². The van der Waals surface area contributed by atoms with E-state index in [4.69, 9.17) is 0 Å². The van der Waals surface area contributed by atoms with E-state index in [1.165, 1.54) is 17.7 Å². The van der Waals surface area contributed by atoms with Crippen LogP contribution in [0, 0.1) is 5.82 Å². The molecule has 146 valence electrons. The fourth-order valence-corrected chi connectivity index (χ4v) is 4.75. The lowest BCUT2D eigenvalue weighted by atomic mass is 9.99. The Balaban J connectivity index is 1.61. The number of rotatable bonds is 6. The Bertz CT molecular complexity index is 843. The first-order valence-corrected chi connectivity index (χ1v) is 10.9. The number of sulfonamides is 1. The lowest BCUT2D eigenvalue weighted by Crippen LogP contribution is -2.48. The van der Waals surface area contributed by atoms with Gasteiger partial charge < -0.3 is 0 Å². The van der Waals surface area contributed by atoms with Crippen molar-refractivity contribution < 1.29 is 12.8 Å². The van der Waals surface area contributed by atoms with Crippen LogP contribution >= 0.6 is 0 Å². The minimum atomic E-state index is -3.46. The molecule has 0 bridgehead atoms. The van der Waals surface area contributed by atoms with Crippen molar-refractivity contribution in [3.8, 4) is 0 Å². The van der Waals surface area contributed by atoms with Crippen molar-refractivity contribution in [3.63, 3.8) is 0 Å².